The minimum absolute atomic E-state index is 0.0952. The topological polar surface area (TPSA) is 98.2 Å². The van der Waals surface area contributed by atoms with Crippen molar-refractivity contribution >= 4 is 17.4 Å². The Balaban J connectivity index is 3.03. The van der Waals surface area contributed by atoms with E-state index in [0.717, 1.165) is 0 Å². The van der Waals surface area contributed by atoms with Gasteiger partial charge in [0.25, 0.3) is 5.56 Å². The van der Waals surface area contributed by atoms with Crippen LogP contribution in [0.25, 0.3) is 0 Å². The molecule has 0 aliphatic carbocycles. The summed E-state index contributed by atoms with van der Waals surface area (Å²) in [6.07, 6.45) is 1.66. The second-order valence-electron chi connectivity index (χ2n) is 3.47. The SMILES string of the molecule is CCC(CO)(CO)Nc1nc[nH]c(=O)c1Cl. The predicted molar refractivity (Wildman–Crippen MR) is 60.7 cm³/mol. The molecule has 0 radical (unpaired) electrons. The number of aliphatic hydroxyl groups excluding tert-OH is 2. The fourth-order valence-corrected chi connectivity index (χ4v) is 1.31. The monoisotopic (exact) mass is 247 g/mol. The molecule has 0 aliphatic heterocycles. The number of hydrogen-bond donors (Lipinski definition) is 4. The zero-order valence-corrected chi connectivity index (χ0v) is 9.58. The molecule has 90 valence electrons. The molecule has 0 bridgehead atoms. The minimum Gasteiger partial charge on any atom is -0.394 e. The van der Waals surface area contributed by atoms with Crippen LogP contribution in [0.5, 0.6) is 0 Å². The van der Waals surface area contributed by atoms with Crippen LogP contribution in [0, 0.1) is 0 Å². The summed E-state index contributed by atoms with van der Waals surface area (Å²) in [5.74, 6) is 0.148. The normalized spacial score (nSPS) is 11.5. The molecular formula is C9H14ClN3O3. The number of hydrogen-bond acceptors (Lipinski definition) is 5. The van der Waals surface area contributed by atoms with Crippen LogP contribution < -0.4 is 10.9 Å². The van der Waals surface area contributed by atoms with Gasteiger partial charge in [-0.05, 0) is 6.42 Å². The molecule has 6 nitrogen and oxygen atoms in total. The van der Waals surface area contributed by atoms with Crippen LogP contribution in [-0.4, -0.2) is 38.9 Å². The molecule has 0 atom stereocenters. The molecule has 0 amide bonds. The average molecular weight is 248 g/mol. The van der Waals surface area contributed by atoms with Crippen molar-refractivity contribution in [1.29, 1.82) is 0 Å². The summed E-state index contributed by atoms with van der Waals surface area (Å²) in [4.78, 5) is 17.4. The number of aromatic nitrogens is 2. The molecule has 0 spiro atoms. The Morgan fingerprint density at radius 1 is 1.56 bits per heavy atom. The molecule has 0 aliphatic rings. The van der Waals surface area contributed by atoms with Crippen molar-refractivity contribution in [2.75, 3.05) is 18.5 Å². The third-order valence-electron chi connectivity index (χ3n) is 2.46. The van der Waals surface area contributed by atoms with Crippen molar-refractivity contribution in [2.45, 2.75) is 18.9 Å². The van der Waals surface area contributed by atoms with Gasteiger partial charge in [0.05, 0.1) is 25.1 Å². The van der Waals surface area contributed by atoms with Gasteiger partial charge in [-0.2, -0.15) is 0 Å². The van der Waals surface area contributed by atoms with E-state index in [0.29, 0.717) is 6.42 Å². The second-order valence-corrected chi connectivity index (χ2v) is 3.85. The Hall–Kier alpha value is -1.11. The largest absolute Gasteiger partial charge is 0.394 e. The van der Waals surface area contributed by atoms with Gasteiger partial charge in [0, 0.05) is 0 Å². The Kier molecular flexibility index (Phi) is 4.28. The molecule has 1 heterocycles. The second kappa shape index (κ2) is 5.29. The van der Waals surface area contributed by atoms with Gasteiger partial charge in [0.15, 0.2) is 5.82 Å². The van der Waals surface area contributed by atoms with Crippen LogP contribution in [0.1, 0.15) is 13.3 Å². The third kappa shape index (κ3) is 2.52. The molecule has 1 aromatic rings. The highest BCUT2D eigenvalue weighted by Gasteiger charge is 2.27. The summed E-state index contributed by atoms with van der Waals surface area (Å²) in [5.41, 5.74) is -1.40. The average Bonchev–Trinajstić information content (AvgIpc) is 2.32. The maximum Gasteiger partial charge on any atom is 0.271 e. The van der Waals surface area contributed by atoms with Crippen LogP contribution >= 0.6 is 11.6 Å². The number of rotatable bonds is 5. The number of halogens is 1. The number of nitrogens with zero attached hydrogens (tertiary/aromatic N) is 1. The molecule has 1 rings (SSSR count). The fourth-order valence-electron chi connectivity index (χ4n) is 1.16. The van der Waals surface area contributed by atoms with Crippen molar-refractivity contribution in [2.24, 2.45) is 0 Å². The van der Waals surface area contributed by atoms with Crippen LogP contribution in [-0.2, 0) is 0 Å². The molecule has 0 saturated heterocycles. The van der Waals surface area contributed by atoms with Crippen LogP contribution in [0.2, 0.25) is 5.02 Å². The smallest absolute Gasteiger partial charge is 0.271 e. The molecule has 7 heteroatoms. The number of aromatic amines is 1. The van der Waals surface area contributed by atoms with Gasteiger partial charge in [0.1, 0.15) is 5.02 Å². The van der Waals surface area contributed by atoms with Gasteiger partial charge >= 0.3 is 0 Å². The van der Waals surface area contributed by atoms with Crippen molar-refractivity contribution < 1.29 is 10.2 Å². The summed E-state index contributed by atoms with van der Waals surface area (Å²) in [6, 6.07) is 0. The van der Waals surface area contributed by atoms with Crippen molar-refractivity contribution in [3.63, 3.8) is 0 Å². The van der Waals surface area contributed by atoms with E-state index in [2.05, 4.69) is 15.3 Å². The molecule has 0 aromatic carbocycles. The first-order valence-corrected chi connectivity index (χ1v) is 5.19. The molecular weight excluding hydrogens is 234 g/mol. The highest BCUT2D eigenvalue weighted by molar-refractivity contribution is 6.32. The van der Waals surface area contributed by atoms with E-state index in [1.54, 1.807) is 6.92 Å². The van der Waals surface area contributed by atoms with E-state index >= 15 is 0 Å². The van der Waals surface area contributed by atoms with E-state index in [1.807, 2.05) is 0 Å². The van der Waals surface area contributed by atoms with Crippen LogP contribution in [0.3, 0.4) is 0 Å². The van der Waals surface area contributed by atoms with Crippen molar-refractivity contribution in [3.05, 3.63) is 21.7 Å². The van der Waals surface area contributed by atoms with E-state index in [-0.39, 0.29) is 24.1 Å². The van der Waals surface area contributed by atoms with Gasteiger partial charge in [-0.15, -0.1) is 0 Å². The van der Waals surface area contributed by atoms with E-state index < -0.39 is 11.1 Å². The highest BCUT2D eigenvalue weighted by Crippen LogP contribution is 2.20. The Morgan fingerprint density at radius 2 is 2.19 bits per heavy atom. The number of aliphatic hydroxyl groups is 2. The Labute approximate surface area is 97.3 Å². The van der Waals surface area contributed by atoms with Crippen LogP contribution in [0.15, 0.2) is 11.1 Å². The van der Waals surface area contributed by atoms with Crippen molar-refractivity contribution in [3.8, 4) is 0 Å². The fraction of sp³-hybridized carbons (Fsp3) is 0.556. The van der Waals surface area contributed by atoms with Gasteiger partial charge in [0.2, 0.25) is 0 Å². The maximum absolute atomic E-state index is 11.2. The third-order valence-corrected chi connectivity index (χ3v) is 2.81. The number of nitrogens with one attached hydrogen (secondary N) is 2. The first-order chi connectivity index (χ1) is 7.58. The lowest BCUT2D eigenvalue weighted by Gasteiger charge is -2.30. The lowest BCUT2D eigenvalue weighted by atomic mass is 9.98. The molecule has 0 saturated carbocycles. The van der Waals surface area contributed by atoms with E-state index in [4.69, 9.17) is 11.6 Å². The number of H-pyrrole nitrogens is 1. The van der Waals surface area contributed by atoms with Crippen LogP contribution in [0.4, 0.5) is 5.82 Å². The zero-order chi connectivity index (χ0) is 12.2. The summed E-state index contributed by atoms with van der Waals surface area (Å²) >= 11 is 5.74. The van der Waals surface area contributed by atoms with E-state index in [1.165, 1.54) is 6.33 Å². The standard InChI is InChI=1S/C9H14ClN3O3/c1-2-9(3-14,4-15)13-7-6(10)8(16)12-5-11-7/h5,14-15H,2-4H2,1H3,(H2,11,12,13,16). The summed E-state index contributed by atoms with van der Waals surface area (Å²) in [7, 11) is 0. The first kappa shape index (κ1) is 13.0. The minimum atomic E-state index is -0.926. The Morgan fingerprint density at radius 3 is 2.69 bits per heavy atom. The van der Waals surface area contributed by atoms with E-state index in [9.17, 15) is 15.0 Å². The number of anilines is 1. The zero-order valence-electron chi connectivity index (χ0n) is 8.83. The van der Waals surface area contributed by atoms with Gasteiger partial charge in [-0.1, -0.05) is 18.5 Å². The van der Waals surface area contributed by atoms with Gasteiger partial charge in [-0.3, -0.25) is 4.79 Å². The first-order valence-electron chi connectivity index (χ1n) is 4.81. The lowest BCUT2D eigenvalue weighted by Crippen LogP contribution is -2.45. The molecule has 0 unspecified atom stereocenters. The van der Waals surface area contributed by atoms with Gasteiger partial charge in [-0.25, -0.2) is 4.98 Å². The lowest BCUT2D eigenvalue weighted by molar-refractivity contribution is 0.132. The van der Waals surface area contributed by atoms with Crippen molar-refractivity contribution in [1.82, 2.24) is 9.97 Å². The molecule has 16 heavy (non-hydrogen) atoms. The quantitative estimate of drug-likeness (QED) is 0.586. The molecule has 4 N–H and O–H groups in total. The van der Waals surface area contributed by atoms with Gasteiger partial charge < -0.3 is 20.5 Å². The molecule has 0 fully saturated rings. The Bertz CT molecular complexity index is 395. The maximum atomic E-state index is 11.2. The summed E-state index contributed by atoms with van der Waals surface area (Å²) in [6.45, 7) is 1.22. The molecule has 1 aromatic heterocycles. The summed E-state index contributed by atoms with van der Waals surface area (Å²) in [5, 5.41) is 21.1. The highest BCUT2D eigenvalue weighted by atomic mass is 35.5. The summed E-state index contributed by atoms with van der Waals surface area (Å²) < 4.78 is 0. The predicted octanol–water partition coefficient (Wildman–Crippen LogP) is -0.0314.